The first-order chi connectivity index (χ1) is 9.40. The average Bonchev–Trinajstić information content (AvgIpc) is 2.81. The SMILES string of the molecule is Cc1oc(C(=O)O)cc1S(=O)(=O)NCc1ccccn1. The van der Waals surface area contributed by atoms with Crippen LogP contribution in [0.25, 0.3) is 0 Å². The number of hydrogen-bond acceptors (Lipinski definition) is 5. The first-order valence-electron chi connectivity index (χ1n) is 5.63. The van der Waals surface area contributed by atoms with Crippen molar-refractivity contribution >= 4 is 16.0 Å². The van der Waals surface area contributed by atoms with Crippen molar-refractivity contribution in [2.75, 3.05) is 0 Å². The summed E-state index contributed by atoms with van der Waals surface area (Å²) < 4.78 is 31.4. The first-order valence-corrected chi connectivity index (χ1v) is 7.12. The fourth-order valence-electron chi connectivity index (χ4n) is 1.59. The van der Waals surface area contributed by atoms with E-state index in [1.165, 1.54) is 6.92 Å². The van der Waals surface area contributed by atoms with Gasteiger partial charge in [-0.25, -0.2) is 17.9 Å². The van der Waals surface area contributed by atoms with Crippen LogP contribution in [0.3, 0.4) is 0 Å². The van der Waals surface area contributed by atoms with E-state index in [-0.39, 0.29) is 17.2 Å². The predicted molar refractivity (Wildman–Crippen MR) is 68.7 cm³/mol. The van der Waals surface area contributed by atoms with Crippen LogP contribution in [-0.2, 0) is 16.6 Å². The van der Waals surface area contributed by atoms with Crippen molar-refractivity contribution in [3.8, 4) is 0 Å². The summed E-state index contributed by atoms with van der Waals surface area (Å²) in [5, 5.41) is 8.78. The monoisotopic (exact) mass is 296 g/mol. The van der Waals surface area contributed by atoms with Gasteiger partial charge in [0.1, 0.15) is 10.7 Å². The Hall–Kier alpha value is -2.19. The number of rotatable bonds is 5. The molecule has 0 aliphatic carbocycles. The minimum atomic E-state index is -3.85. The number of nitrogens with one attached hydrogen (secondary N) is 1. The van der Waals surface area contributed by atoms with Crippen molar-refractivity contribution in [3.63, 3.8) is 0 Å². The number of aryl methyl sites for hydroxylation is 1. The zero-order valence-corrected chi connectivity index (χ0v) is 11.3. The number of sulfonamides is 1. The summed E-state index contributed by atoms with van der Waals surface area (Å²) in [6, 6.07) is 6.12. The molecule has 106 valence electrons. The van der Waals surface area contributed by atoms with Crippen LogP contribution in [0.2, 0.25) is 0 Å². The van der Waals surface area contributed by atoms with Gasteiger partial charge in [-0.05, 0) is 19.1 Å². The van der Waals surface area contributed by atoms with E-state index in [4.69, 9.17) is 9.52 Å². The molecule has 2 aromatic heterocycles. The van der Waals surface area contributed by atoms with Crippen LogP contribution in [0, 0.1) is 6.92 Å². The fraction of sp³-hybridized carbons (Fsp3) is 0.167. The van der Waals surface area contributed by atoms with Crippen molar-refractivity contribution < 1.29 is 22.7 Å². The third-order valence-corrected chi connectivity index (χ3v) is 4.05. The third kappa shape index (κ3) is 3.03. The van der Waals surface area contributed by atoms with Crippen LogP contribution in [0.1, 0.15) is 22.0 Å². The van der Waals surface area contributed by atoms with Crippen molar-refractivity contribution in [2.24, 2.45) is 0 Å². The Balaban J connectivity index is 2.20. The van der Waals surface area contributed by atoms with Gasteiger partial charge in [0.25, 0.3) is 0 Å². The molecular weight excluding hydrogens is 284 g/mol. The van der Waals surface area contributed by atoms with Crippen molar-refractivity contribution in [1.82, 2.24) is 9.71 Å². The molecule has 7 nitrogen and oxygen atoms in total. The molecule has 0 spiro atoms. The molecule has 0 bridgehead atoms. The molecule has 2 rings (SSSR count). The molecule has 0 aliphatic heterocycles. The van der Waals surface area contributed by atoms with E-state index in [0.717, 1.165) is 6.07 Å². The van der Waals surface area contributed by atoms with Gasteiger partial charge in [0.2, 0.25) is 15.8 Å². The van der Waals surface area contributed by atoms with Crippen LogP contribution in [-0.4, -0.2) is 24.5 Å². The smallest absolute Gasteiger partial charge is 0.371 e. The summed E-state index contributed by atoms with van der Waals surface area (Å²) in [5.74, 6) is -1.71. The van der Waals surface area contributed by atoms with Gasteiger partial charge in [0.05, 0.1) is 12.2 Å². The standard InChI is InChI=1S/C12H12N2O5S/c1-8-11(6-10(19-8)12(15)16)20(17,18)14-7-9-4-2-3-5-13-9/h2-6,14H,7H2,1H3,(H,15,16). The molecule has 0 fully saturated rings. The third-order valence-electron chi connectivity index (χ3n) is 2.54. The van der Waals surface area contributed by atoms with Gasteiger partial charge in [-0.15, -0.1) is 0 Å². The second-order valence-corrected chi connectivity index (χ2v) is 5.72. The highest BCUT2D eigenvalue weighted by atomic mass is 32.2. The predicted octanol–water partition coefficient (Wildman–Crippen LogP) is 1.16. The lowest BCUT2D eigenvalue weighted by Crippen LogP contribution is -2.23. The van der Waals surface area contributed by atoms with Gasteiger partial charge >= 0.3 is 5.97 Å². The van der Waals surface area contributed by atoms with Gasteiger partial charge < -0.3 is 9.52 Å². The highest BCUT2D eigenvalue weighted by Crippen LogP contribution is 2.20. The molecule has 0 radical (unpaired) electrons. The van der Waals surface area contributed by atoms with E-state index < -0.39 is 21.8 Å². The Morgan fingerprint density at radius 2 is 2.20 bits per heavy atom. The van der Waals surface area contributed by atoms with Crippen LogP contribution >= 0.6 is 0 Å². The van der Waals surface area contributed by atoms with E-state index >= 15 is 0 Å². The van der Waals surface area contributed by atoms with Gasteiger partial charge in [-0.3, -0.25) is 4.98 Å². The van der Waals surface area contributed by atoms with Crippen molar-refractivity contribution in [2.45, 2.75) is 18.4 Å². The summed E-state index contributed by atoms with van der Waals surface area (Å²) in [7, 11) is -3.85. The van der Waals surface area contributed by atoms with Crippen LogP contribution in [0.5, 0.6) is 0 Å². The van der Waals surface area contributed by atoms with Gasteiger partial charge in [0, 0.05) is 12.3 Å². The van der Waals surface area contributed by atoms with Crippen LogP contribution < -0.4 is 4.72 Å². The van der Waals surface area contributed by atoms with Crippen molar-refractivity contribution in [1.29, 1.82) is 0 Å². The lowest BCUT2D eigenvalue weighted by atomic mass is 10.4. The minimum Gasteiger partial charge on any atom is -0.475 e. The average molecular weight is 296 g/mol. The van der Waals surface area contributed by atoms with Crippen molar-refractivity contribution in [3.05, 3.63) is 47.7 Å². The largest absolute Gasteiger partial charge is 0.475 e. The van der Waals surface area contributed by atoms with E-state index in [0.29, 0.717) is 5.69 Å². The van der Waals surface area contributed by atoms with E-state index in [2.05, 4.69) is 9.71 Å². The summed E-state index contributed by atoms with van der Waals surface area (Å²) in [6.45, 7) is 1.40. The van der Waals surface area contributed by atoms with E-state index in [1.807, 2.05) is 0 Å². The summed E-state index contributed by atoms with van der Waals surface area (Å²) in [6.07, 6.45) is 1.55. The molecule has 0 saturated carbocycles. The zero-order valence-electron chi connectivity index (χ0n) is 10.5. The molecule has 2 heterocycles. The Labute approximate surface area is 115 Å². The number of pyridine rings is 1. The molecule has 2 N–H and O–H groups in total. The maximum Gasteiger partial charge on any atom is 0.371 e. The number of carboxylic acids is 1. The quantitative estimate of drug-likeness (QED) is 0.856. The van der Waals surface area contributed by atoms with Gasteiger partial charge in [0.15, 0.2) is 0 Å². The van der Waals surface area contributed by atoms with Gasteiger partial charge in [-0.1, -0.05) is 6.07 Å². The number of furan rings is 1. The second-order valence-electron chi connectivity index (χ2n) is 3.98. The van der Waals surface area contributed by atoms with E-state index in [9.17, 15) is 13.2 Å². The topological polar surface area (TPSA) is 109 Å². The number of hydrogen-bond donors (Lipinski definition) is 2. The maximum absolute atomic E-state index is 12.1. The number of aromatic nitrogens is 1. The summed E-state index contributed by atoms with van der Waals surface area (Å²) >= 11 is 0. The molecule has 0 amide bonds. The van der Waals surface area contributed by atoms with Crippen LogP contribution in [0.4, 0.5) is 0 Å². The number of carboxylic acid groups (broad SMARTS) is 1. The maximum atomic E-state index is 12.1. The number of aromatic carboxylic acids is 1. The molecule has 0 unspecified atom stereocenters. The molecule has 2 aromatic rings. The Morgan fingerprint density at radius 1 is 1.45 bits per heavy atom. The Kier molecular flexibility index (Phi) is 3.86. The molecule has 0 aliphatic rings. The molecule has 20 heavy (non-hydrogen) atoms. The normalized spacial score (nSPS) is 11.4. The lowest BCUT2D eigenvalue weighted by molar-refractivity contribution is 0.0661. The Bertz CT molecular complexity index is 722. The molecular formula is C12H12N2O5S. The highest BCUT2D eigenvalue weighted by Gasteiger charge is 2.23. The fourth-order valence-corrected chi connectivity index (χ4v) is 2.76. The lowest BCUT2D eigenvalue weighted by Gasteiger charge is -2.04. The molecule has 0 saturated heterocycles. The van der Waals surface area contributed by atoms with Gasteiger partial charge in [-0.2, -0.15) is 0 Å². The van der Waals surface area contributed by atoms with E-state index in [1.54, 1.807) is 24.4 Å². The Morgan fingerprint density at radius 3 is 2.75 bits per heavy atom. The second kappa shape index (κ2) is 5.43. The molecule has 8 heteroatoms. The zero-order chi connectivity index (χ0) is 14.8. The first kappa shape index (κ1) is 14.2. The number of nitrogens with zero attached hydrogens (tertiary/aromatic N) is 1. The summed E-state index contributed by atoms with van der Waals surface area (Å²) in [5.41, 5.74) is 0.552. The minimum absolute atomic E-state index is 0.0101. The molecule has 0 aromatic carbocycles. The highest BCUT2D eigenvalue weighted by molar-refractivity contribution is 7.89. The summed E-state index contributed by atoms with van der Waals surface area (Å²) in [4.78, 5) is 14.6. The van der Waals surface area contributed by atoms with Crippen LogP contribution in [0.15, 0.2) is 39.8 Å². The molecule has 0 atom stereocenters. The number of carbonyl (C=O) groups is 1.